The molecule has 76 valence electrons. The summed E-state index contributed by atoms with van der Waals surface area (Å²) in [5, 5.41) is 0. The first-order valence-electron chi connectivity index (χ1n) is 4.90. The molecule has 0 spiro atoms. The summed E-state index contributed by atoms with van der Waals surface area (Å²) < 4.78 is 6.43. The highest BCUT2D eigenvalue weighted by Gasteiger charge is 2.15. The summed E-state index contributed by atoms with van der Waals surface area (Å²) in [4.78, 5) is 2.38. The van der Waals surface area contributed by atoms with Crippen molar-refractivity contribution in [2.45, 2.75) is 12.8 Å². The highest BCUT2D eigenvalue weighted by Crippen LogP contribution is 2.33. The summed E-state index contributed by atoms with van der Waals surface area (Å²) in [6, 6.07) is 6.21. The van der Waals surface area contributed by atoms with E-state index in [9.17, 15) is 0 Å². The summed E-state index contributed by atoms with van der Waals surface area (Å²) in [6.45, 7) is 2.30. The van der Waals surface area contributed by atoms with Crippen LogP contribution in [-0.4, -0.2) is 20.2 Å². The van der Waals surface area contributed by atoms with Crippen molar-refractivity contribution in [2.24, 2.45) is 0 Å². The zero-order chi connectivity index (χ0) is 9.97. The van der Waals surface area contributed by atoms with Gasteiger partial charge in [0.15, 0.2) is 0 Å². The predicted octanol–water partition coefficient (Wildman–Crippen LogP) is 3.06. The molecule has 0 radical (unpaired) electrons. The average molecular weight is 256 g/mol. The van der Waals surface area contributed by atoms with Crippen molar-refractivity contribution in [1.82, 2.24) is 0 Å². The van der Waals surface area contributed by atoms with Crippen LogP contribution >= 0.6 is 15.9 Å². The Kier molecular flexibility index (Phi) is 2.96. The third-order valence-electron chi connectivity index (χ3n) is 2.59. The third kappa shape index (κ3) is 1.87. The summed E-state index contributed by atoms with van der Waals surface area (Å²) in [5.41, 5.74) is 1.22. The van der Waals surface area contributed by atoms with E-state index in [1.54, 1.807) is 7.11 Å². The van der Waals surface area contributed by atoms with Crippen LogP contribution in [0.2, 0.25) is 0 Å². The highest BCUT2D eigenvalue weighted by atomic mass is 79.9. The molecule has 0 aromatic heterocycles. The van der Waals surface area contributed by atoms with Crippen LogP contribution < -0.4 is 9.64 Å². The van der Waals surface area contributed by atoms with E-state index in [2.05, 4.69) is 33.0 Å². The highest BCUT2D eigenvalue weighted by molar-refractivity contribution is 9.10. The van der Waals surface area contributed by atoms with Crippen LogP contribution in [0.1, 0.15) is 12.8 Å². The molecule has 1 fully saturated rings. The van der Waals surface area contributed by atoms with Crippen LogP contribution in [0.5, 0.6) is 5.75 Å². The van der Waals surface area contributed by atoms with E-state index in [0.29, 0.717) is 0 Å². The maximum absolute atomic E-state index is 5.37. The van der Waals surface area contributed by atoms with Crippen molar-refractivity contribution in [3.63, 3.8) is 0 Å². The molecule has 1 heterocycles. The number of benzene rings is 1. The van der Waals surface area contributed by atoms with Crippen molar-refractivity contribution >= 4 is 21.6 Å². The number of nitrogens with zero attached hydrogens (tertiary/aromatic N) is 1. The molecule has 0 amide bonds. The number of anilines is 1. The van der Waals surface area contributed by atoms with E-state index in [-0.39, 0.29) is 0 Å². The van der Waals surface area contributed by atoms with Gasteiger partial charge in [0, 0.05) is 17.6 Å². The van der Waals surface area contributed by atoms with Gasteiger partial charge in [0.1, 0.15) is 5.75 Å². The molecule has 0 saturated carbocycles. The number of rotatable bonds is 2. The SMILES string of the molecule is COc1cc(Br)ccc1N1CCCC1. The predicted molar refractivity (Wildman–Crippen MR) is 62.1 cm³/mol. The molecule has 1 aromatic carbocycles. The zero-order valence-electron chi connectivity index (χ0n) is 8.29. The molecular weight excluding hydrogens is 242 g/mol. The number of hydrogen-bond acceptors (Lipinski definition) is 2. The molecular formula is C11H14BrNO. The van der Waals surface area contributed by atoms with Gasteiger partial charge in [-0.05, 0) is 31.0 Å². The van der Waals surface area contributed by atoms with Gasteiger partial charge in [-0.25, -0.2) is 0 Å². The Balaban J connectivity index is 2.31. The Morgan fingerprint density at radius 2 is 2.00 bits per heavy atom. The van der Waals surface area contributed by atoms with Gasteiger partial charge >= 0.3 is 0 Å². The standard InChI is InChI=1S/C11H14BrNO/c1-14-11-8-9(12)4-5-10(11)13-6-2-3-7-13/h4-5,8H,2-3,6-7H2,1H3. The molecule has 1 aliphatic heterocycles. The minimum Gasteiger partial charge on any atom is -0.495 e. The lowest BCUT2D eigenvalue weighted by Gasteiger charge is -2.20. The lowest BCUT2D eigenvalue weighted by atomic mass is 10.2. The molecule has 0 unspecified atom stereocenters. The minimum atomic E-state index is 0.960. The number of halogens is 1. The first-order chi connectivity index (χ1) is 6.81. The smallest absolute Gasteiger partial charge is 0.143 e. The van der Waals surface area contributed by atoms with Gasteiger partial charge in [-0.2, -0.15) is 0 Å². The fraction of sp³-hybridized carbons (Fsp3) is 0.455. The summed E-state index contributed by atoms with van der Waals surface area (Å²) in [7, 11) is 1.72. The zero-order valence-corrected chi connectivity index (χ0v) is 9.88. The van der Waals surface area contributed by atoms with Crippen LogP contribution in [0.4, 0.5) is 5.69 Å². The Labute approximate surface area is 93.0 Å². The van der Waals surface area contributed by atoms with E-state index in [1.165, 1.54) is 18.5 Å². The van der Waals surface area contributed by atoms with E-state index in [0.717, 1.165) is 23.3 Å². The quantitative estimate of drug-likeness (QED) is 0.806. The molecule has 1 saturated heterocycles. The molecule has 0 N–H and O–H groups in total. The molecule has 2 rings (SSSR count). The number of methoxy groups -OCH3 is 1. The van der Waals surface area contributed by atoms with E-state index < -0.39 is 0 Å². The van der Waals surface area contributed by atoms with Crippen molar-refractivity contribution in [2.75, 3.05) is 25.1 Å². The van der Waals surface area contributed by atoms with Crippen LogP contribution in [-0.2, 0) is 0 Å². The van der Waals surface area contributed by atoms with Crippen LogP contribution in [0, 0.1) is 0 Å². The van der Waals surface area contributed by atoms with Gasteiger partial charge in [-0.1, -0.05) is 15.9 Å². The monoisotopic (exact) mass is 255 g/mol. The topological polar surface area (TPSA) is 12.5 Å². The lowest BCUT2D eigenvalue weighted by Crippen LogP contribution is -2.18. The van der Waals surface area contributed by atoms with E-state index >= 15 is 0 Å². The van der Waals surface area contributed by atoms with Gasteiger partial charge in [0.25, 0.3) is 0 Å². The first kappa shape index (κ1) is 9.84. The van der Waals surface area contributed by atoms with Crippen LogP contribution in [0.15, 0.2) is 22.7 Å². The number of ether oxygens (including phenoxy) is 1. The molecule has 0 bridgehead atoms. The molecule has 14 heavy (non-hydrogen) atoms. The second kappa shape index (κ2) is 4.22. The van der Waals surface area contributed by atoms with Gasteiger partial charge in [0.05, 0.1) is 12.8 Å². The molecule has 0 atom stereocenters. The molecule has 0 aliphatic carbocycles. The fourth-order valence-electron chi connectivity index (χ4n) is 1.87. The Morgan fingerprint density at radius 1 is 1.29 bits per heavy atom. The normalized spacial score (nSPS) is 16.0. The Morgan fingerprint density at radius 3 is 2.64 bits per heavy atom. The van der Waals surface area contributed by atoms with Crippen LogP contribution in [0.3, 0.4) is 0 Å². The van der Waals surface area contributed by atoms with E-state index in [4.69, 9.17) is 4.74 Å². The average Bonchev–Trinajstić information content (AvgIpc) is 2.70. The summed E-state index contributed by atoms with van der Waals surface area (Å²) in [5.74, 6) is 0.960. The minimum absolute atomic E-state index is 0.960. The van der Waals surface area contributed by atoms with Gasteiger partial charge in [-0.15, -0.1) is 0 Å². The molecule has 2 nitrogen and oxygen atoms in total. The Bertz CT molecular complexity index is 321. The van der Waals surface area contributed by atoms with Gasteiger partial charge < -0.3 is 9.64 Å². The Hall–Kier alpha value is -0.700. The fourth-order valence-corrected chi connectivity index (χ4v) is 2.21. The molecule has 1 aromatic rings. The first-order valence-corrected chi connectivity index (χ1v) is 5.69. The van der Waals surface area contributed by atoms with Crippen LogP contribution in [0.25, 0.3) is 0 Å². The summed E-state index contributed by atoms with van der Waals surface area (Å²) in [6.07, 6.45) is 2.58. The molecule has 1 aliphatic rings. The van der Waals surface area contributed by atoms with E-state index in [1.807, 2.05) is 6.07 Å². The van der Waals surface area contributed by atoms with Crippen molar-refractivity contribution in [1.29, 1.82) is 0 Å². The summed E-state index contributed by atoms with van der Waals surface area (Å²) >= 11 is 3.45. The lowest BCUT2D eigenvalue weighted by molar-refractivity contribution is 0.414. The second-order valence-corrected chi connectivity index (χ2v) is 4.43. The maximum atomic E-state index is 5.37. The second-order valence-electron chi connectivity index (χ2n) is 3.51. The van der Waals surface area contributed by atoms with Crippen molar-refractivity contribution in [3.8, 4) is 5.75 Å². The van der Waals surface area contributed by atoms with Gasteiger partial charge in [0.2, 0.25) is 0 Å². The number of hydrogen-bond donors (Lipinski definition) is 0. The maximum Gasteiger partial charge on any atom is 0.143 e. The van der Waals surface area contributed by atoms with Crippen molar-refractivity contribution < 1.29 is 4.74 Å². The largest absolute Gasteiger partial charge is 0.495 e. The van der Waals surface area contributed by atoms with Gasteiger partial charge in [-0.3, -0.25) is 0 Å². The van der Waals surface area contributed by atoms with Crippen molar-refractivity contribution in [3.05, 3.63) is 22.7 Å². The molecule has 3 heteroatoms. The third-order valence-corrected chi connectivity index (χ3v) is 3.08.